The molecule has 170 valence electrons. The highest BCUT2D eigenvalue weighted by atomic mass is 127. The van der Waals surface area contributed by atoms with E-state index in [4.69, 9.17) is 14.2 Å². The van der Waals surface area contributed by atoms with Crippen LogP contribution >= 0.6 is 24.0 Å². The summed E-state index contributed by atoms with van der Waals surface area (Å²) < 4.78 is 17.2. The van der Waals surface area contributed by atoms with Gasteiger partial charge in [0, 0.05) is 45.6 Å². The molecule has 1 aromatic heterocycles. The Morgan fingerprint density at radius 1 is 1.17 bits per heavy atom. The average Bonchev–Trinajstić information content (AvgIpc) is 3.28. The van der Waals surface area contributed by atoms with Crippen molar-refractivity contribution in [3.8, 4) is 5.88 Å². The van der Waals surface area contributed by atoms with Crippen LogP contribution in [0.15, 0.2) is 23.3 Å². The van der Waals surface area contributed by atoms with Crippen molar-refractivity contribution < 1.29 is 14.2 Å². The van der Waals surface area contributed by atoms with Crippen molar-refractivity contribution in [1.29, 1.82) is 0 Å². The van der Waals surface area contributed by atoms with Gasteiger partial charge in [-0.1, -0.05) is 12.5 Å². The maximum absolute atomic E-state index is 5.99. The second-order valence-electron chi connectivity index (χ2n) is 7.80. The second kappa shape index (κ2) is 14.8. The van der Waals surface area contributed by atoms with Crippen LogP contribution in [0, 0.1) is 0 Å². The number of nitrogens with zero attached hydrogens (tertiary/aromatic N) is 2. The molecule has 1 atom stereocenters. The largest absolute Gasteiger partial charge is 0.474 e. The first-order valence-electron chi connectivity index (χ1n) is 11.1. The van der Waals surface area contributed by atoms with Crippen LogP contribution < -0.4 is 15.4 Å². The number of rotatable bonds is 10. The van der Waals surface area contributed by atoms with E-state index >= 15 is 0 Å². The molecule has 1 saturated heterocycles. The minimum absolute atomic E-state index is 0. The summed E-state index contributed by atoms with van der Waals surface area (Å²) in [7, 11) is 1.78. The van der Waals surface area contributed by atoms with Crippen LogP contribution in [0.25, 0.3) is 0 Å². The summed E-state index contributed by atoms with van der Waals surface area (Å²) in [5.74, 6) is 1.51. The molecule has 7 nitrogen and oxygen atoms in total. The van der Waals surface area contributed by atoms with Crippen LogP contribution in [-0.4, -0.2) is 56.6 Å². The molecular weight excluding hydrogens is 495 g/mol. The van der Waals surface area contributed by atoms with Crippen LogP contribution in [0.1, 0.15) is 56.9 Å². The Hall–Kier alpha value is -1.13. The highest BCUT2D eigenvalue weighted by Gasteiger charge is 2.16. The highest BCUT2D eigenvalue weighted by molar-refractivity contribution is 14.0. The van der Waals surface area contributed by atoms with Crippen molar-refractivity contribution in [2.45, 2.75) is 70.1 Å². The van der Waals surface area contributed by atoms with E-state index in [0.29, 0.717) is 25.4 Å². The van der Waals surface area contributed by atoms with E-state index < -0.39 is 0 Å². The summed E-state index contributed by atoms with van der Waals surface area (Å²) in [5.41, 5.74) is 1.10. The first-order chi connectivity index (χ1) is 14.3. The van der Waals surface area contributed by atoms with Gasteiger partial charge in [0.25, 0.3) is 0 Å². The Kier molecular flexibility index (Phi) is 12.4. The molecule has 0 spiro atoms. The summed E-state index contributed by atoms with van der Waals surface area (Å²) in [4.78, 5) is 8.72. The fourth-order valence-electron chi connectivity index (χ4n) is 3.72. The van der Waals surface area contributed by atoms with Gasteiger partial charge in [-0.05, 0) is 50.5 Å². The van der Waals surface area contributed by atoms with E-state index in [2.05, 4.69) is 26.7 Å². The molecule has 2 aliphatic rings. The molecule has 0 aromatic carbocycles. The third-order valence-corrected chi connectivity index (χ3v) is 5.41. The zero-order valence-electron chi connectivity index (χ0n) is 18.1. The Balaban J connectivity index is 0.00000320. The number of aromatic nitrogens is 1. The average molecular weight is 532 g/mol. The van der Waals surface area contributed by atoms with Crippen molar-refractivity contribution in [2.75, 3.05) is 33.4 Å². The zero-order chi connectivity index (χ0) is 20.2. The summed E-state index contributed by atoms with van der Waals surface area (Å²) in [6.45, 7) is 3.81. The second-order valence-corrected chi connectivity index (χ2v) is 7.80. The lowest BCUT2D eigenvalue weighted by Gasteiger charge is -2.22. The van der Waals surface area contributed by atoms with E-state index in [-0.39, 0.29) is 24.0 Å². The number of nitrogens with one attached hydrogen (secondary N) is 2. The minimum Gasteiger partial charge on any atom is -0.474 e. The van der Waals surface area contributed by atoms with Gasteiger partial charge >= 0.3 is 0 Å². The Bertz CT molecular complexity index is 603. The van der Waals surface area contributed by atoms with E-state index in [0.717, 1.165) is 69.3 Å². The van der Waals surface area contributed by atoms with Gasteiger partial charge in [-0.3, -0.25) is 4.99 Å². The van der Waals surface area contributed by atoms with Crippen molar-refractivity contribution in [3.05, 3.63) is 23.9 Å². The fraction of sp³-hybridized carbons (Fsp3) is 0.727. The molecule has 0 radical (unpaired) electrons. The fourth-order valence-corrected chi connectivity index (χ4v) is 3.72. The van der Waals surface area contributed by atoms with Crippen LogP contribution in [-0.2, 0) is 16.0 Å². The van der Waals surface area contributed by atoms with E-state index in [1.807, 2.05) is 12.3 Å². The smallest absolute Gasteiger partial charge is 0.213 e. The number of halogens is 1. The van der Waals surface area contributed by atoms with Gasteiger partial charge in [0.05, 0.1) is 12.7 Å². The predicted molar refractivity (Wildman–Crippen MR) is 130 cm³/mol. The van der Waals surface area contributed by atoms with Crippen LogP contribution in [0.2, 0.25) is 0 Å². The van der Waals surface area contributed by atoms with Gasteiger partial charge < -0.3 is 24.8 Å². The van der Waals surface area contributed by atoms with Gasteiger partial charge in [-0.25, -0.2) is 4.98 Å². The Morgan fingerprint density at radius 2 is 2.03 bits per heavy atom. The lowest BCUT2D eigenvalue weighted by molar-refractivity contribution is 0.0168. The molecular formula is C22H37IN4O3. The Labute approximate surface area is 197 Å². The molecule has 1 aliphatic carbocycles. The third-order valence-electron chi connectivity index (χ3n) is 5.41. The maximum Gasteiger partial charge on any atom is 0.213 e. The maximum atomic E-state index is 5.99. The lowest BCUT2D eigenvalue weighted by atomic mass is 9.98. The highest BCUT2D eigenvalue weighted by Crippen LogP contribution is 2.22. The minimum atomic E-state index is 0. The predicted octanol–water partition coefficient (Wildman–Crippen LogP) is 3.66. The van der Waals surface area contributed by atoms with Crippen LogP contribution in [0.3, 0.4) is 0 Å². The monoisotopic (exact) mass is 532 g/mol. The molecule has 2 fully saturated rings. The quantitative estimate of drug-likeness (QED) is 0.207. The number of pyridine rings is 1. The molecule has 30 heavy (non-hydrogen) atoms. The lowest BCUT2D eigenvalue weighted by Crippen LogP contribution is -2.37. The zero-order valence-corrected chi connectivity index (χ0v) is 20.4. The van der Waals surface area contributed by atoms with Gasteiger partial charge in [0.1, 0.15) is 6.10 Å². The van der Waals surface area contributed by atoms with E-state index in [1.165, 1.54) is 19.3 Å². The summed E-state index contributed by atoms with van der Waals surface area (Å²) in [6, 6.07) is 4.03. The van der Waals surface area contributed by atoms with Crippen molar-refractivity contribution in [1.82, 2.24) is 15.6 Å². The summed E-state index contributed by atoms with van der Waals surface area (Å²) in [5, 5.41) is 6.64. The van der Waals surface area contributed by atoms with Crippen molar-refractivity contribution in [2.24, 2.45) is 4.99 Å². The number of guanidine groups is 1. The SMILES string of the molecule is CN=C(NCCCOCC1CCCO1)NCc1ccc(OC2CCCCC2)nc1.I. The van der Waals surface area contributed by atoms with Crippen molar-refractivity contribution in [3.63, 3.8) is 0 Å². The molecule has 3 rings (SSSR count). The van der Waals surface area contributed by atoms with E-state index in [9.17, 15) is 0 Å². The number of hydrogen-bond donors (Lipinski definition) is 2. The third kappa shape index (κ3) is 9.34. The molecule has 2 N–H and O–H groups in total. The first-order valence-corrected chi connectivity index (χ1v) is 11.1. The van der Waals surface area contributed by atoms with Crippen LogP contribution in [0.5, 0.6) is 5.88 Å². The topological polar surface area (TPSA) is 77.0 Å². The molecule has 8 heteroatoms. The van der Waals surface area contributed by atoms with Gasteiger partial charge in [0.2, 0.25) is 5.88 Å². The van der Waals surface area contributed by atoms with Crippen molar-refractivity contribution >= 4 is 29.9 Å². The Morgan fingerprint density at radius 3 is 2.73 bits per heavy atom. The van der Waals surface area contributed by atoms with Gasteiger partial charge in [-0.2, -0.15) is 0 Å². The molecule has 2 heterocycles. The normalized spacial score (nSPS) is 19.9. The number of ether oxygens (including phenoxy) is 3. The van der Waals surface area contributed by atoms with Gasteiger partial charge in [0.15, 0.2) is 5.96 Å². The number of hydrogen-bond acceptors (Lipinski definition) is 5. The molecule has 1 saturated carbocycles. The molecule has 0 amide bonds. The molecule has 1 unspecified atom stereocenters. The molecule has 1 aromatic rings. The standard InChI is InChI=1S/C22H36N4O3.HI/c1-23-22(24-12-6-13-27-17-20-9-5-14-28-20)26-16-18-10-11-21(25-15-18)29-19-7-3-2-4-8-19;/h10-11,15,19-20H,2-9,12-14,16-17H2,1H3,(H2,23,24,26);1H. The molecule has 1 aliphatic heterocycles. The molecule has 0 bridgehead atoms. The summed E-state index contributed by atoms with van der Waals surface area (Å²) in [6.07, 6.45) is 11.9. The summed E-state index contributed by atoms with van der Waals surface area (Å²) >= 11 is 0. The number of aliphatic imine (C=N–C) groups is 1. The van der Waals surface area contributed by atoms with E-state index in [1.54, 1.807) is 7.05 Å². The van der Waals surface area contributed by atoms with Gasteiger partial charge in [-0.15, -0.1) is 24.0 Å². The first kappa shape index (κ1) is 25.1. The van der Waals surface area contributed by atoms with Crippen LogP contribution in [0.4, 0.5) is 0 Å².